The Morgan fingerprint density at radius 3 is 2.48 bits per heavy atom. The lowest BCUT2D eigenvalue weighted by Crippen LogP contribution is -2.46. The summed E-state index contributed by atoms with van der Waals surface area (Å²) in [4.78, 5) is 25.0. The van der Waals surface area contributed by atoms with Gasteiger partial charge in [0.05, 0.1) is 0 Å². The largest absolute Gasteiger partial charge is 0.458 e. The molecule has 116 valence electrons. The molecule has 0 saturated carbocycles. The highest BCUT2D eigenvalue weighted by atomic mass is 32.1. The van der Waals surface area contributed by atoms with Crippen molar-refractivity contribution in [3.05, 3.63) is 28.5 Å². The number of carbonyl (C=O) groups excluding carboxylic acids is 2. The van der Waals surface area contributed by atoms with E-state index in [0.717, 1.165) is 4.88 Å². The van der Waals surface area contributed by atoms with Gasteiger partial charge >= 0.3 is 5.97 Å². The van der Waals surface area contributed by atoms with Gasteiger partial charge in [-0.25, -0.2) is 4.79 Å². The first-order chi connectivity index (χ1) is 9.69. The van der Waals surface area contributed by atoms with Crippen LogP contribution in [0.1, 0.15) is 39.5 Å². The van der Waals surface area contributed by atoms with Crippen molar-refractivity contribution in [3.63, 3.8) is 0 Å². The molecule has 0 unspecified atom stereocenters. The zero-order valence-corrected chi connectivity index (χ0v) is 14.0. The smallest absolute Gasteiger partial charge is 0.329 e. The van der Waals surface area contributed by atoms with Crippen molar-refractivity contribution in [1.29, 1.82) is 0 Å². The molecule has 21 heavy (non-hydrogen) atoms. The van der Waals surface area contributed by atoms with Gasteiger partial charge in [-0.3, -0.25) is 4.79 Å². The molecule has 0 spiro atoms. The molecule has 0 saturated heterocycles. The van der Waals surface area contributed by atoms with Gasteiger partial charge in [0.15, 0.2) is 0 Å². The standard InChI is InChI=1S/C16H23NO3S/c1-11(2)14(15(19)20-16(3,4)5)17-13(18)9-8-12-7-6-10-21-12/h6-11,14H,1-5H3,(H,17,18)/b9-8+/t14-/m0/s1. The van der Waals surface area contributed by atoms with Crippen LogP contribution in [0.25, 0.3) is 6.08 Å². The van der Waals surface area contributed by atoms with Crippen molar-refractivity contribution in [1.82, 2.24) is 5.32 Å². The molecule has 4 nitrogen and oxygen atoms in total. The molecule has 0 aliphatic rings. The average Bonchev–Trinajstić information content (AvgIpc) is 2.83. The highest BCUT2D eigenvalue weighted by Gasteiger charge is 2.28. The van der Waals surface area contributed by atoms with Crippen molar-refractivity contribution >= 4 is 29.3 Å². The number of esters is 1. The van der Waals surface area contributed by atoms with Gasteiger partial charge in [0, 0.05) is 11.0 Å². The van der Waals surface area contributed by atoms with E-state index in [0.29, 0.717) is 0 Å². The lowest BCUT2D eigenvalue weighted by atomic mass is 10.0. The molecule has 1 atom stereocenters. The first kappa shape index (κ1) is 17.4. The molecule has 1 amide bonds. The van der Waals surface area contributed by atoms with E-state index in [1.807, 2.05) is 31.4 Å². The fourth-order valence-corrected chi connectivity index (χ4v) is 2.23. The summed E-state index contributed by atoms with van der Waals surface area (Å²) < 4.78 is 5.34. The molecule has 0 fully saturated rings. The Bertz CT molecular complexity index is 498. The van der Waals surface area contributed by atoms with E-state index in [9.17, 15) is 9.59 Å². The third kappa shape index (κ3) is 6.58. The van der Waals surface area contributed by atoms with E-state index >= 15 is 0 Å². The van der Waals surface area contributed by atoms with E-state index in [1.54, 1.807) is 38.2 Å². The Labute approximate surface area is 130 Å². The summed E-state index contributed by atoms with van der Waals surface area (Å²) in [6.07, 6.45) is 3.16. The maximum Gasteiger partial charge on any atom is 0.329 e. The second-order valence-corrected chi connectivity index (χ2v) is 7.09. The van der Waals surface area contributed by atoms with Crippen molar-refractivity contribution < 1.29 is 14.3 Å². The Balaban J connectivity index is 2.66. The Hall–Kier alpha value is -1.62. The molecule has 0 aliphatic heterocycles. The third-order valence-corrected chi connectivity index (χ3v) is 3.40. The van der Waals surface area contributed by atoms with Crippen LogP contribution in [-0.2, 0) is 14.3 Å². The minimum absolute atomic E-state index is 0.0427. The van der Waals surface area contributed by atoms with Crippen LogP contribution in [0.3, 0.4) is 0 Å². The molecular weight excluding hydrogens is 286 g/mol. The summed E-state index contributed by atoms with van der Waals surface area (Å²) in [5.41, 5.74) is -0.568. The molecule has 1 aromatic rings. The van der Waals surface area contributed by atoms with E-state index < -0.39 is 17.6 Å². The Morgan fingerprint density at radius 1 is 1.33 bits per heavy atom. The highest BCUT2D eigenvalue weighted by molar-refractivity contribution is 7.10. The van der Waals surface area contributed by atoms with Crippen LogP contribution in [0.5, 0.6) is 0 Å². The second-order valence-electron chi connectivity index (χ2n) is 6.11. The maximum atomic E-state index is 12.1. The normalized spacial score (nSPS) is 13.4. The summed E-state index contributed by atoms with van der Waals surface area (Å²) in [5, 5.41) is 4.65. The lowest BCUT2D eigenvalue weighted by Gasteiger charge is -2.26. The van der Waals surface area contributed by atoms with Gasteiger partial charge in [0.25, 0.3) is 0 Å². The number of hydrogen-bond acceptors (Lipinski definition) is 4. The molecule has 0 aromatic carbocycles. The van der Waals surface area contributed by atoms with Gasteiger partial charge in [-0.05, 0) is 44.2 Å². The predicted octanol–water partition coefficient (Wildman–Crippen LogP) is 3.24. The van der Waals surface area contributed by atoms with Crippen LogP contribution in [0.2, 0.25) is 0 Å². The van der Waals surface area contributed by atoms with Crippen LogP contribution in [0, 0.1) is 5.92 Å². The average molecular weight is 309 g/mol. The molecule has 0 bridgehead atoms. The molecule has 1 N–H and O–H groups in total. The quantitative estimate of drug-likeness (QED) is 0.671. The molecule has 1 rings (SSSR count). The van der Waals surface area contributed by atoms with Gasteiger partial charge in [0.1, 0.15) is 11.6 Å². The molecule has 1 aromatic heterocycles. The number of carbonyl (C=O) groups is 2. The molecular formula is C16H23NO3S. The number of thiophene rings is 1. The maximum absolute atomic E-state index is 12.1. The van der Waals surface area contributed by atoms with E-state index in [4.69, 9.17) is 4.74 Å². The van der Waals surface area contributed by atoms with Gasteiger partial charge in [0.2, 0.25) is 5.91 Å². The zero-order chi connectivity index (χ0) is 16.0. The number of amides is 1. The summed E-state index contributed by atoms with van der Waals surface area (Å²) in [6.45, 7) is 9.16. The first-order valence-electron chi connectivity index (χ1n) is 6.94. The van der Waals surface area contributed by atoms with Gasteiger partial charge in [-0.15, -0.1) is 11.3 Å². The fourth-order valence-electron chi connectivity index (χ4n) is 1.61. The van der Waals surface area contributed by atoms with Crippen LogP contribution < -0.4 is 5.32 Å². The monoisotopic (exact) mass is 309 g/mol. The number of ether oxygens (including phenoxy) is 1. The summed E-state index contributed by atoms with van der Waals surface area (Å²) >= 11 is 1.55. The van der Waals surface area contributed by atoms with Gasteiger partial charge in [-0.2, -0.15) is 0 Å². The lowest BCUT2D eigenvalue weighted by molar-refractivity contribution is -0.159. The Morgan fingerprint density at radius 2 is 2.00 bits per heavy atom. The SMILES string of the molecule is CC(C)[C@H](NC(=O)/C=C/c1cccs1)C(=O)OC(C)(C)C. The van der Waals surface area contributed by atoms with E-state index in [1.165, 1.54) is 6.08 Å². The summed E-state index contributed by atoms with van der Waals surface area (Å²) in [5.74, 6) is -0.748. The molecule has 5 heteroatoms. The molecule has 0 radical (unpaired) electrons. The topological polar surface area (TPSA) is 55.4 Å². The van der Waals surface area contributed by atoms with E-state index in [2.05, 4.69) is 5.32 Å². The van der Waals surface area contributed by atoms with Gasteiger partial charge in [-0.1, -0.05) is 19.9 Å². The summed E-state index contributed by atoms with van der Waals surface area (Å²) in [7, 11) is 0. The summed E-state index contributed by atoms with van der Waals surface area (Å²) in [6, 6.07) is 3.19. The third-order valence-electron chi connectivity index (χ3n) is 2.57. The van der Waals surface area contributed by atoms with Gasteiger partial charge < -0.3 is 10.1 Å². The van der Waals surface area contributed by atoms with Crippen LogP contribution in [-0.4, -0.2) is 23.5 Å². The van der Waals surface area contributed by atoms with Crippen molar-refractivity contribution in [3.8, 4) is 0 Å². The van der Waals surface area contributed by atoms with Crippen molar-refractivity contribution in [2.24, 2.45) is 5.92 Å². The number of nitrogens with one attached hydrogen (secondary N) is 1. The van der Waals surface area contributed by atoms with Crippen LogP contribution in [0.4, 0.5) is 0 Å². The van der Waals surface area contributed by atoms with Crippen molar-refractivity contribution in [2.75, 3.05) is 0 Å². The first-order valence-corrected chi connectivity index (χ1v) is 7.82. The second kappa shape index (κ2) is 7.41. The van der Waals surface area contributed by atoms with Crippen LogP contribution >= 0.6 is 11.3 Å². The fraction of sp³-hybridized carbons (Fsp3) is 0.500. The zero-order valence-electron chi connectivity index (χ0n) is 13.2. The molecule has 0 aliphatic carbocycles. The number of hydrogen-bond donors (Lipinski definition) is 1. The van der Waals surface area contributed by atoms with Crippen molar-refractivity contribution in [2.45, 2.75) is 46.3 Å². The minimum Gasteiger partial charge on any atom is -0.458 e. The highest BCUT2D eigenvalue weighted by Crippen LogP contribution is 2.13. The molecule has 1 heterocycles. The predicted molar refractivity (Wildman–Crippen MR) is 86.0 cm³/mol. The van der Waals surface area contributed by atoms with Crippen LogP contribution in [0.15, 0.2) is 23.6 Å². The van der Waals surface area contributed by atoms with E-state index in [-0.39, 0.29) is 11.8 Å². The minimum atomic E-state index is -0.648. The Kier molecular flexibility index (Phi) is 6.15. The number of rotatable bonds is 5.